The summed E-state index contributed by atoms with van der Waals surface area (Å²) in [6.07, 6.45) is 2.95. The van der Waals surface area contributed by atoms with E-state index in [0.717, 1.165) is 18.6 Å². The number of nitrogens with zero attached hydrogens (tertiary/aromatic N) is 4. The summed E-state index contributed by atoms with van der Waals surface area (Å²) < 4.78 is 7.27. The fourth-order valence-corrected chi connectivity index (χ4v) is 3.10. The zero-order valence-corrected chi connectivity index (χ0v) is 14.9. The highest BCUT2D eigenvalue weighted by Gasteiger charge is 2.16. The number of anilines is 1. The van der Waals surface area contributed by atoms with Gasteiger partial charge in [-0.25, -0.2) is 9.97 Å². The van der Waals surface area contributed by atoms with Gasteiger partial charge in [0.05, 0.1) is 6.20 Å². The first-order chi connectivity index (χ1) is 13.1. The van der Waals surface area contributed by atoms with Gasteiger partial charge in [-0.1, -0.05) is 30.3 Å². The van der Waals surface area contributed by atoms with Crippen LogP contribution in [-0.4, -0.2) is 19.5 Å². The highest BCUT2D eigenvalue weighted by atomic mass is 16.3. The van der Waals surface area contributed by atoms with Crippen molar-refractivity contribution >= 4 is 17.1 Å². The van der Waals surface area contributed by atoms with Gasteiger partial charge in [-0.15, -0.1) is 0 Å². The average molecular weight is 361 g/mol. The molecule has 0 saturated heterocycles. The number of aromatic nitrogens is 4. The lowest BCUT2D eigenvalue weighted by molar-refractivity contribution is 0.546. The second-order valence-electron chi connectivity index (χ2n) is 6.35. The smallest absolute Gasteiger partial charge is 0.270 e. The molecule has 4 rings (SSSR count). The van der Waals surface area contributed by atoms with Crippen molar-refractivity contribution in [1.29, 1.82) is 0 Å². The first kappa shape index (κ1) is 17.0. The summed E-state index contributed by atoms with van der Waals surface area (Å²) in [5.41, 5.74) is 8.32. The first-order valence-corrected chi connectivity index (χ1v) is 8.75. The summed E-state index contributed by atoms with van der Waals surface area (Å²) >= 11 is 0. The van der Waals surface area contributed by atoms with Gasteiger partial charge in [0.1, 0.15) is 17.0 Å². The van der Waals surface area contributed by atoms with Crippen LogP contribution in [0, 0.1) is 6.92 Å². The summed E-state index contributed by atoms with van der Waals surface area (Å²) in [5, 5.41) is 0. The molecule has 2 N–H and O–H groups in total. The van der Waals surface area contributed by atoms with Crippen LogP contribution in [0.1, 0.15) is 17.7 Å². The molecule has 0 aliphatic heterocycles. The number of nitrogen functional groups attached to an aromatic ring is 1. The molecule has 0 aliphatic rings. The van der Waals surface area contributed by atoms with E-state index in [2.05, 4.69) is 27.1 Å². The van der Waals surface area contributed by atoms with E-state index < -0.39 is 0 Å². The van der Waals surface area contributed by atoms with Gasteiger partial charge in [0.15, 0.2) is 11.4 Å². The van der Waals surface area contributed by atoms with Crippen LogP contribution in [0.5, 0.6) is 0 Å². The number of nitrogens with two attached hydrogens (primary N) is 1. The Bertz CT molecular complexity index is 1150. The third-order valence-corrected chi connectivity index (χ3v) is 4.37. The standard InChI is InChI=1S/C20H19N5O2/c1-13-9-10-15(27-13)17-18-19(24-20(21)23-17)25(16(26)12-22-18)11-5-8-14-6-3-2-4-7-14/h2-4,6-7,9-10,12H,5,8,11H2,1H3,(H2,21,23,24). The van der Waals surface area contributed by atoms with Gasteiger partial charge in [-0.3, -0.25) is 9.36 Å². The molecule has 0 atom stereocenters. The maximum Gasteiger partial charge on any atom is 0.270 e. The largest absolute Gasteiger partial charge is 0.460 e. The van der Waals surface area contributed by atoms with Gasteiger partial charge in [-0.2, -0.15) is 4.98 Å². The predicted molar refractivity (Wildman–Crippen MR) is 103 cm³/mol. The van der Waals surface area contributed by atoms with Crippen LogP contribution in [0.25, 0.3) is 22.6 Å². The van der Waals surface area contributed by atoms with E-state index in [4.69, 9.17) is 10.2 Å². The molecule has 1 aromatic carbocycles. The fraction of sp³-hybridized carbons (Fsp3) is 0.200. The lowest BCUT2D eigenvalue weighted by Crippen LogP contribution is -2.22. The number of benzene rings is 1. The first-order valence-electron chi connectivity index (χ1n) is 8.75. The summed E-state index contributed by atoms with van der Waals surface area (Å²) in [5.74, 6) is 1.39. The van der Waals surface area contributed by atoms with Crippen LogP contribution in [0.3, 0.4) is 0 Å². The number of fused-ring (bicyclic) bond motifs is 1. The normalized spacial score (nSPS) is 11.1. The number of furan rings is 1. The topological polar surface area (TPSA) is 99.8 Å². The molecule has 0 amide bonds. The molecule has 0 radical (unpaired) electrons. The third kappa shape index (κ3) is 3.44. The highest BCUT2D eigenvalue weighted by Crippen LogP contribution is 2.26. The van der Waals surface area contributed by atoms with Crippen molar-refractivity contribution in [3.05, 3.63) is 70.3 Å². The summed E-state index contributed by atoms with van der Waals surface area (Å²) in [7, 11) is 0. The van der Waals surface area contributed by atoms with Crippen LogP contribution in [-0.2, 0) is 13.0 Å². The average Bonchev–Trinajstić information content (AvgIpc) is 3.10. The zero-order chi connectivity index (χ0) is 18.8. The highest BCUT2D eigenvalue weighted by molar-refractivity contribution is 5.86. The minimum atomic E-state index is -0.213. The Labute approximate surface area is 155 Å². The summed E-state index contributed by atoms with van der Waals surface area (Å²) in [6.45, 7) is 2.36. The Kier molecular flexibility index (Phi) is 4.42. The SMILES string of the molecule is Cc1ccc(-c2nc(N)nc3c2ncc(=O)n3CCCc2ccccc2)o1. The van der Waals surface area contributed by atoms with Crippen LogP contribution < -0.4 is 11.3 Å². The predicted octanol–water partition coefficient (Wildman–Crippen LogP) is 2.97. The molecule has 3 aromatic heterocycles. The third-order valence-electron chi connectivity index (χ3n) is 4.37. The Morgan fingerprint density at radius 1 is 1.11 bits per heavy atom. The van der Waals surface area contributed by atoms with E-state index in [0.29, 0.717) is 29.2 Å². The molecule has 0 saturated carbocycles. The van der Waals surface area contributed by atoms with Crippen molar-refractivity contribution < 1.29 is 4.42 Å². The number of hydrogen-bond donors (Lipinski definition) is 1. The molecule has 0 spiro atoms. The zero-order valence-electron chi connectivity index (χ0n) is 14.9. The van der Waals surface area contributed by atoms with Gasteiger partial charge < -0.3 is 10.2 Å². The molecular formula is C20H19N5O2. The van der Waals surface area contributed by atoms with Gasteiger partial charge >= 0.3 is 0 Å². The van der Waals surface area contributed by atoms with Crippen molar-refractivity contribution in [2.75, 3.05) is 5.73 Å². The van der Waals surface area contributed by atoms with Crippen LogP contribution >= 0.6 is 0 Å². The number of aryl methyl sites for hydroxylation is 3. The molecule has 136 valence electrons. The van der Waals surface area contributed by atoms with Gasteiger partial charge in [0.25, 0.3) is 5.56 Å². The quantitative estimate of drug-likeness (QED) is 0.586. The van der Waals surface area contributed by atoms with Gasteiger partial charge in [0, 0.05) is 6.54 Å². The molecule has 4 aromatic rings. The molecule has 0 bridgehead atoms. The molecule has 0 aliphatic carbocycles. The number of rotatable bonds is 5. The summed E-state index contributed by atoms with van der Waals surface area (Å²) in [4.78, 5) is 25.2. The Morgan fingerprint density at radius 2 is 1.93 bits per heavy atom. The van der Waals surface area contributed by atoms with E-state index >= 15 is 0 Å². The van der Waals surface area contributed by atoms with Crippen molar-refractivity contribution in [2.24, 2.45) is 0 Å². The van der Waals surface area contributed by atoms with Gasteiger partial charge in [0.2, 0.25) is 5.95 Å². The lowest BCUT2D eigenvalue weighted by atomic mass is 10.1. The molecule has 7 nitrogen and oxygen atoms in total. The van der Waals surface area contributed by atoms with E-state index in [1.165, 1.54) is 11.8 Å². The van der Waals surface area contributed by atoms with E-state index in [9.17, 15) is 4.79 Å². The molecule has 7 heteroatoms. The van der Waals surface area contributed by atoms with Crippen molar-refractivity contribution in [1.82, 2.24) is 19.5 Å². The second kappa shape index (κ2) is 7.03. The van der Waals surface area contributed by atoms with Crippen LogP contribution in [0.2, 0.25) is 0 Å². The van der Waals surface area contributed by atoms with Crippen LogP contribution in [0.15, 0.2) is 57.9 Å². The monoisotopic (exact) mass is 361 g/mol. The molecule has 27 heavy (non-hydrogen) atoms. The van der Waals surface area contributed by atoms with Gasteiger partial charge in [-0.05, 0) is 37.5 Å². The maximum atomic E-state index is 12.4. The second-order valence-corrected chi connectivity index (χ2v) is 6.35. The Hall–Kier alpha value is -3.48. The van der Waals surface area contributed by atoms with E-state index in [1.54, 1.807) is 4.57 Å². The summed E-state index contributed by atoms with van der Waals surface area (Å²) in [6, 6.07) is 13.8. The minimum absolute atomic E-state index is 0.0794. The molecule has 3 heterocycles. The van der Waals surface area contributed by atoms with Crippen LogP contribution in [0.4, 0.5) is 5.95 Å². The fourth-order valence-electron chi connectivity index (χ4n) is 3.10. The molecular weight excluding hydrogens is 342 g/mol. The van der Waals surface area contributed by atoms with Crippen molar-refractivity contribution in [3.8, 4) is 11.5 Å². The molecule has 0 unspecified atom stereocenters. The lowest BCUT2D eigenvalue weighted by Gasteiger charge is -2.11. The van der Waals surface area contributed by atoms with E-state index in [-0.39, 0.29) is 11.5 Å². The maximum absolute atomic E-state index is 12.4. The molecule has 0 fully saturated rings. The Morgan fingerprint density at radius 3 is 2.67 bits per heavy atom. The van der Waals surface area contributed by atoms with Crippen molar-refractivity contribution in [2.45, 2.75) is 26.3 Å². The minimum Gasteiger partial charge on any atom is -0.460 e. The Balaban J connectivity index is 1.73. The van der Waals surface area contributed by atoms with E-state index in [1.807, 2.05) is 37.3 Å². The van der Waals surface area contributed by atoms with Crippen molar-refractivity contribution in [3.63, 3.8) is 0 Å². The number of hydrogen-bond acceptors (Lipinski definition) is 6.